The van der Waals surface area contributed by atoms with Gasteiger partial charge in [0, 0.05) is 25.0 Å². The summed E-state index contributed by atoms with van der Waals surface area (Å²) in [4.78, 5) is 24.0. The molecule has 10 heteroatoms. The van der Waals surface area contributed by atoms with Crippen LogP contribution in [-0.4, -0.2) is 58.4 Å². The van der Waals surface area contributed by atoms with Crippen LogP contribution in [0.15, 0.2) is 10.4 Å². The van der Waals surface area contributed by atoms with Gasteiger partial charge >= 0.3 is 6.18 Å². The van der Waals surface area contributed by atoms with Gasteiger partial charge in [0.25, 0.3) is 0 Å². The van der Waals surface area contributed by atoms with Gasteiger partial charge in [-0.3, -0.25) is 9.79 Å². The number of alkyl halides is 3. The second-order valence-corrected chi connectivity index (χ2v) is 7.99. The number of carbonyl (C=O) groups is 1. The molecule has 2 heterocycles. The molecule has 1 fully saturated rings. The van der Waals surface area contributed by atoms with Crippen LogP contribution >= 0.6 is 11.3 Å². The number of hydrogen-bond donors (Lipinski definition) is 1. The Bertz CT molecular complexity index is 684. The number of piperazine rings is 1. The molecule has 0 spiro atoms. The zero-order chi connectivity index (χ0) is 19.7. The predicted molar refractivity (Wildman–Crippen MR) is 94.9 cm³/mol. The van der Waals surface area contributed by atoms with Crippen LogP contribution in [0.4, 0.5) is 13.2 Å². The number of thiazole rings is 1. The molecule has 0 aromatic carbocycles. The molecule has 0 radical (unpaired) electrons. The van der Waals surface area contributed by atoms with Crippen LogP contribution in [0.1, 0.15) is 38.4 Å². The van der Waals surface area contributed by atoms with Crippen LogP contribution in [0.25, 0.3) is 0 Å². The molecule has 1 N–H and O–H groups in total. The highest BCUT2D eigenvalue weighted by atomic mass is 32.1. The van der Waals surface area contributed by atoms with Gasteiger partial charge in [-0.1, -0.05) is 0 Å². The third-order valence-electron chi connectivity index (χ3n) is 4.09. The Balaban J connectivity index is 2.05. The maximum Gasteiger partial charge on any atom is 0.434 e. The predicted octanol–water partition coefficient (Wildman–Crippen LogP) is 2.57. The average molecular weight is 391 g/mol. The summed E-state index contributed by atoms with van der Waals surface area (Å²) in [5.41, 5.74) is -1.28. The number of carbonyl (C=O) groups excluding carboxylic acids is 1. The molecule has 0 aliphatic carbocycles. The van der Waals surface area contributed by atoms with Crippen LogP contribution < -0.4 is 5.32 Å². The lowest BCUT2D eigenvalue weighted by Gasteiger charge is -2.49. The molecule has 0 unspecified atom stereocenters. The molecule has 146 valence electrons. The van der Waals surface area contributed by atoms with E-state index in [0.29, 0.717) is 17.5 Å². The van der Waals surface area contributed by atoms with Crippen molar-refractivity contribution in [3.05, 3.63) is 16.1 Å². The minimum Gasteiger partial charge on any atom is -0.350 e. The van der Waals surface area contributed by atoms with Crippen molar-refractivity contribution in [2.24, 2.45) is 4.99 Å². The number of guanidine groups is 1. The van der Waals surface area contributed by atoms with Gasteiger partial charge in [0.1, 0.15) is 5.01 Å². The fraction of sp³-hybridized carbons (Fsp3) is 0.688. The number of aliphatic imine (C=N–C) groups is 1. The summed E-state index contributed by atoms with van der Waals surface area (Å²) < 4.78 is 37.9. The SMILES string of the molecule is CN=C(NCc1nc(C(F)(F)F)cs1)N1CC(=O)N(C(C)C)C(C)(C)C1. The maximum absolute atomic E-state index is 12.6. The van der Waals surface area contributed by atoms with Crippen molar-refractivity contribution in [1.82, 2.24) is 20.1 Å². The molecular formula is C16H24F3N5OS. The van der Waals surface area contributed by atoms with E-state index in [2.05, 4.69) is 15.3 Å². The normalized spacial score (nSPS) is 18.7. The molecule has 0 saturated carbocycles. The third kappa shape index (κ3) is 4.46. The molecule has 2 rings (SSSR count). The molecule has 1 saturated heterocycles. The molecule has 26 heavy (non-hydrogen) atoms. The van der Waals surface area contributed by atoms with Crippen molar-refractivity contribution in [2.75, 3.05) is 20.1 Å². The molecule has 1 aromatic rings. The van der Waals surface area contributed by atoms with E-state index in [4.69, 9.17) is 0 Å². The van der Waals surface area contributed by atoms with Gasteiger partial charge in [-0.2, -0.15) is 13.2 Å². The highest BCUT2D eigenvalue weighted by Gasteiger charge is 2.40. The summed E-state index contributed by atoms with van der Waals surface area (Å²) in [7, 11) is 1.58. The van der Waals surface area contributed by atoms with Gasteiger partial charge in [-0.15, -0.1) is 11.3 Å². The number of nitrogens with one attached hydrogen (secondary N) is 1. The Hall–Kier alpha value is -1.84. The second-order valence-electron chi connectivity index (χ2n) is 7.05. The largest absolute Gasteiger partial charge is 0.434 e. The summed E-state index contributed by atoms with van der Waals surface area (Å²) in [5, 5.41) is 4.31. The average Bonchev–Trinajstić information content (AvgIpc) is 2.94. The molecule has 0 atom stereocenters. The third-order valence-corrected chi connectivity index (χ3v) is 4.94. The Morgan fingerprint density at radius 2 is 2.12 bits per heavy atom. The Morgan fingerprint density at radius 1 is 1.46 bits per heavy atom. The van der Waals surface area contributed by atoms with Gasteiger partial charge in [-0.25, -0.2) is 4.98 Å². The standard InChI is InChI=1S/C16H24F3N5OS/c1-10(2)24-13(25)7-23(9-15(24,3)4)14(20-5)21-6-12-22-11(8-26-12)16(17,18)19/h8,10H,6-7,9H2,1-5H3,(H,20,21). The van der Waals surface area contributed by atoms with E-state index in [-0.39, 0.29) is 30.6 Å². The van der Waals surface area contributed by atoms with E-state index in [1.54, 1.807) is 7.05 Å². The van der Waals surface area contributed by atoms with Gasteiger partial charge < -0.3 is 15.1 Å². The first-order valence-electron chi connectivity index (χ1n) is 8.25. The van der Waals surface area contributed by atoms with Crippen molar-refractivity contribution >= 4 is 23.2 Å². The fourth-order valence-corrected chi connectivity index (χ4v) is 4.06. The van der Waals surface area contributed by atoms with Crippen molar-refractivity contribution in [3.63, 3.8) is 0 Å². The van der Waals surface area contributed by atoms with E-state index in [0.717, 1.165) is 16.7 Å². The van der Waals surface area contributed by atoms with Gasteiger partial charge in [0.15, 0.2) is 11.7 Å². The zero-order valence-corrected chi connectivity index (χ0v) is 16.3. The van der Waals surface area contributed by atoms with E-state index in [1.165, 1.54) is 0 Å². The van der Waals surface area contributed by atoms with Crippen LogP contribution in [-0.2, 0) is 17.5 Å². The van der Waals surface area contributed by atoms with Crippen molar-refractivity contribution in [1.29, 1.82) is 0 Å². The minimum absolute atomic E-state index is 0.00666. The van der Waals surface area contributed by atoms with Crippen molar-refractivity contribution < 1.29 is 18.0 Å². The molecule has 1 aliphatic heterocycles. The van der Waals surface area contributed by atoms with Crippen LogP contribution in [0.5, 0.6) is 0 Å². The number of aromatic nitrogens is 1. The van der Waals surface area contributed by atoms with Gasteiger partial charge in [0.05, 0.1) is 18.6 Å². The Kier molecular flexibility index (Phi) is 5.84. The second kappa shape index (κ2) is 7.42. The smallest absolute Gasteiger partial charge is 0.350 e. The molecule has 6 nitrogen and oxygen atoms in total. The lowest BCUT2D eigenvalue weighted by atomic mass is 9.96. The number of nitrogens with zero attached hydrogens (tertiary/aromatic N) is 4. The van der Waals surface area contributed by atoms with Gasteiger partial charge in [-0.05, 0) is 27.7 Å². The van der Waals surface area contributed by atoms with Crippen LogP contribution in [0, 0.1) is 0 Å². The lowest BCUT2D eigenvalue weighted by molar-refractivity contribution is -0.145. The summed E-state index contributed by atoms with van der Waals surface area (Å²) in [6.45, 7) is 8.79. The minimum atomic E-state index is -4.44. The Labute approximate surface area is 155 Å². The Morgan fingerprint density at radius 3 is 2.58 bits per heavy atom. The van der Waals surface area contributed by atoms with E-state index in [1.807, 2.05) is 37.5 Å². The quantitative estimate of drug-likeness (QED) is 0.636. The molecular weight excluding hydrogens is 367 g/mol. The molecule has 1 amide bonds. The first kappa shape index (κ1) is 20.5. The highest BCUT2D eigenvalue weighted by molar-refractivity contribution is 7.09. The fourth-order valence-electron chi connectivity index (χ4n) is 3.32. The van der Waals surface area contributed by atoms with Crippen molar-refractivity contribution in [3.8, 4) is 0 Å². The van der Waals surface area contributed by atoms with E-state index in [9.17, 15) is 18.0 Å². The molecule has 1 aromatic heterocycles. The lowest BCUT2D eigenvalue weighted by Crippen LogP contribution is -2.66. The van der Waals surface area contributed by atoms with E-state index < -0.39 is 11.9 Å². The number of hydrogen-bond acceptors (Lipinski definition) is 4. The van der Waals surface area contributed by atoms with Crippen molar-refractivity contribution in [2.45, 2.75) is 52.0 Å². The van der Waals surface area contributed by atoms with E-state index >= 15 is 0 Å². The summed E-state index contributed by atoms with van der Waals surface area (Å²) in [5.74, 6) is 0.464. The monoisotopic (exact) mass is 391 g/mol. The topological polar surface area (TPSA) is 60.8 Å². The summed E-state index contributed by atoms with van der Waals surface area (Å²) in [6.07, 6.45) is -4.44. The number of halogens is 3. The number of amides is 1. The number of rotatable bonds is 3. The summed E-state index contributed by atoms with van der Waals surface area (Å²) >= 11 is 0.938. The van der Waals surface area contributed by atoms with Crippen LogP contribution in [0.3, 0.4) is 0 Å². The van der Waals surface area contributed by atoms with Gasteiger partial charge in [0.2, 0.25) is 5.91 Å². The molecule has 1 aliphatic rings. The summed E-state index contributed by atoms with van der Waals surface area (Å²) in [6, 6.07) is 0.0886. The highest BCUT2D eigenvalue weighted by Crippen LogP contribution is 2.30. The molecule has 0 bridgehead atoms. The maximum atomic E-state index is 12.6. The first-order valence-corrected chi connectivity index (χ1v) is 9.13. The van der Waals surface area contributed by atoms with Crippen LogP contribution in [0.2, 0.25) is 0 Å². The first-order chi connectivity index (χ1) is 12.0. The zero-order valence-electron chi connectivity index (χ0n) is 15.5.